The van der Waals surface area contributed by atoms with Gasteiger partial charge in [-0.3, -0.25) is 0 Å². The average Bonchev–Trinajstić information content (AvgIpc) is 2.18. The fourth-order valence-electron chi connectivity index (χ4n) is 1.18. The van der Waals surface area contributed by atoms with Gasteiger partial charge < -0.3 is 9.84 Å². The van der Waals surface area contributed by atoms with Crippen LogP contribution >= 0.6 is 12.6 Å². The van der Waals surface area contributed by atoms with E-state index < -0.39 is 11.9 Å². The minimum atomic E-state index is -0.659. The normalized spacial score (nSPS) is 12.6. The van der Waals surface area contributed by atoms with Gasteiger partial charge in [0.05, 0.1) is 13.2 Å². The lowest BCUT2D eigenvalue weighted by atomic mass is 10.1. The van der Waals surface area contributed by atoms with Gasteiger partial charge in [-0.1, -0.05) is 6.07 Å². The Kier molecular flexibility index (Phi) is 4.22. The number of aliphatic hydroxyl groups excluding tert-OH is 1. The van der Waals surface area contributed by atoms with Gasteiger partial charge in [0, 0.05) is 0 Å². The Hall–Kier alpha value is -0.740. The molecule has 0 aliphatic heterocycles. The number of ether oxygens (including phenoxy) is 1. The van der Waals surface area contributed by atoms with Crippen LogP contribution in [0.15, 0.2) is 18.2 Å². The van der Waals surface area contributed by atoms with Crippen molar-refractivity contribution in [3.05, 3.63) is 29.6 Å². The second kappa shape index (κ2) is 5.22. The summed E-state index contributed by atoms with van der Waals surface area (Å²) >= 11 is 4.00. The Morgan fingerprint density at radius 3 is 2.79 bits per heavy atom. The van der Waals surface area contributed by atoms with E-state index in [1.165, 1.54) is 19.2 Å². The highest BCUT2D eigenvalue weighted by atomic mass is 32.1. The van der Waals surface area contributed by atoms with Gasteiger partial charge in [-0.15, -0.1) is 0 Å². The molecule has 78 valence electrons. The van der Waals surface area contributed by atoms with Gasteiger partial charge >= 0.3 is 0 Å². The highest BCUT2D eigenvalue weighted by Gasteiger charge is 2.09. The SMILES string of the molecule is COc1ccc(C(O)CCS)cc1F. The van der Waals surface area contributed by atoms with Crippen molar-refractivity contribution in [3.8, 4) is 5.75 Å². The minimum Gasteiger partial charge on any atom is -0.494 e. The smallest absolute Gasteiger partial charge is 0.165 e. The van der Waals surface area contributed by atoms with E-state index in [0.717, 1.165) is 0 Å². The van der Waals surface area contributed by atoms with E-state index in [9.17, 15) is 9.50 Å². The summed E-state index contributed by atoms with van der Waals surface area (Å²) in [6, 6.07) is 4.44. The molecule has 0 amide bonds. The van der Waals surface area contributed by atoms with Gasteiger partial charge in [0.15, 0.2) is 11.6 Å². The molecule has 0 heterocycles. The summed E-state index contributed by atoms with van der Waals surface area (Å²) < 4.78 is 18.0. The van der Waals surface area contributed by atoms with Gasteiger partial charge in [-0.2, -0.15) is 12.6 Å². The number of hydrogen-bond donors (Lipinski definition) is 2. The van der Waals surface area contributed by atoms with Crippen molar-refractivity contribution in [2.24, 2.45) is 0 Å². The maximum absolute atomic E-state index is 13.2. The lowest BCUT2D eigenvalue weighted by Crippen LogP contribution is -1.99. The van der Waals surface area contributed by atoms with Crippen molar-refractivity contribution >= 4 is 12.6 Å². The maximum Gasteiger partial charge on any atom is 0.165 e. The van der Waals surface area contributed by atoms with Crippen LogP contribution in [0, 0.1) is 5.82 Å². The van der Waals surface area contributed by atoms with Crippen molar-refractivity contribution in [3.63, 3.8) is 0 Å². The highest BCUT2D eigenvalue weighted by molar-refractivity contribution is 7.80. The van der Waals surface area contributed by atoms with Crippen molar-refractivity contribution in [2.75, 3.05) is 12.9 Å². The lowest BCUT2D eigenvalue weighted by Gasteiger charge is -2.10. The zero-order chi connectivity index (χ0) is 10.6. The molecule has 0 saturated heterocycles. The van der Waals surface area contributed by atoms with Crippen LogP contribution in [-0.2, 0) is 0 Å². The number of rotatable bonds is 4. The average molecular weight is 216 g/mol. The van der Waals surface area contributed by atoms with Gasteiger partial charge in [0.2, 0.25) is 0 Å². The topological polar surface area (TPSA) is 29.5 Å². The van der Waals surface area contributed by atoms with Crippen LogP contribution in [0.25, 0.3) is 0 Å². The summed E-state index contributed by atoms with van der Waals surface area (Å²) in [4.78, 5) is 0. The summed E-state index contributed by atoms with van der Waals surface area (Å²) in [6.45, 7) is 0. The van der Waals surface area contributed by atoms with E-state index in [2.05, 4.69) is 12.6 Å². The third-order valence-electron chi connectivity index (χ3n) is 1.96. The Morgan fingerprint density at radius 2 is 2.29 bits per heavy atom. The summed E-state index contributed by atoms with van der Waals surface area (Å²) in [7, 11) is 1.40. The van der Waals surface area contributed by atoms with Gasteiger partial charge in [-0.25, -0.2) is 4.39 Å². The molecule has 2 nitrogen and oxygen atoms in total. The number of aliphatic hydroxyl groups is 1. The molecule has 1 aromatic carbocycles. The first-order valence-corrected chi connectivity index (χ1v) is 4.94. The second-order valence-electron chi connectivity index (χ2n) is 2.92. The van der Waals surface area contributed by atoms with Crippen LogP contribution in [-0.4, -0.2) is 18.0 Å². The molecule has 1 unspecified atom stereocenters. The van der Waals surface area contributed by atoms with Crippen LogP contribution < -0.4 is 4.74 Å². The van der Waals surface area contributed by atoms with E-state index in [-0.39, 0.29) is 5.75 Å². The van der Waals surface area contributed by atoms with Crippen LogP contribution in [0.4, 0.5) is 4.39 Å². The maximum atomic E-state index is 13.2. The Bertz CT molecular complexity index is 304. The van der Waals surface area contributed by atoms with Crippen LogP contribution in [0.1, 0.15) is 18.1 Å². The summed E-state index contributed by atoms with van der Waals surface area (Å²) in [5.74, 6) is 0.296. The third kappa shape index (κ3) is 2.62. The lowest BCUT2D eigenvalue weighted by molar-refractivity contribution is 0.174. The summed E-state index contributed by atoms with van der Waals surface area (Å²) in [6.07, 6.45) is -0.151. The number of benzene rings is 1. The molecule has 1 rings (SSSR count). The quantitative estimate of drug-likeness (QED) is 0.755. The molecule has 0 saturated carbocycles. The highest BCUT2D eigenvalue weighted by Crippen LogP contribution is 2.23. The van der Waals surface area contributed by atoms with Gasteiger partial charge in [-0.05, 0) is 29.9 Å². The molecule has 0 aliphatic carbocycles. The Labute approximate surface area is 88.1 Å². The van der Waals surface area contributed by atoms with Crippen molar-refractivity contribution in [1.82, 2.24) is 0 Å². The Balaban J connectivity index is 2.85. The van der Waals surface area contributed by atoms with Gasteiger partial charge in [0.1, 0.15) is 0 Å². The summed E-state index contributed by atoms with van der Waals surface area (Å²) in [5.41, 5.74) is 0.553. The number of hydrogen-bond acceptors (Lipinski definition) is 3. The standard InChI is InChI=1S/C10H13FO2S/c1-13-10-3-2-7(6-8(10)11)9(12)4-5-14/h2-3,6,9,12,14H,4-5H2,1H3. The molecular formula is C10H13FO2S. The first kappa shape index (κ1) is 11.3. The van der Waals surface area contributed by atoms with Crippen molar-refractivity contribution in [2.45, 2.75) is 12.5 Å². The number of thiol groups is 1. The van der Waals surface area contributed by atoms with Crippen molar-refractivity contribution in [1.29, 1.82) is 0 Å². The second-order valence-corrected chi connectivity index (χ2v) is 3.37. The molecule has 1 atom stereocenters. The fraction of sp³-hybridized carbons (Fsp3) is 0.400. The van der Waals surface area contributed by atoms with Crippen LogP contribution in [0.5, 0.6) is 5.75 Å². The molecule has 1 N–H and O–H groups in total. The van der Waals surface area contributed by atoms with Crippen molar-refractivity contribution < 1.29 is 14.2 Å². The first-order valence-electron chi connectivity index (χ1n) is 4.31. The monoisotopic (exact) mass is 216 g/mol. The molecular weight excluding hydrogens is 203 g/mol. The zero-order valence-corrected chi connectivity index (χ0v) is 8.80. The number of methoxy groups -OCH3 is 1. The Morgan fingerprint density at radius 1 is 1.57 bits per heavy atom. The molecule has 0 radical (unpaired) electrons. The molecule has 0 spiro atoms. The fourth-order valence-corrected chi connectivity index (χ4v) is 1.42. The summed E-state index contributed by atoms with van der Waals surface area (Å²) in [5, 5.41) is 9.55. The van der Waals surface area contributed by atoms with E-state index in [1.807, 2.05) is 0 Å². The van der Waals surface area contributed by atoms with Crippen LogP contribution in [0.3, 0.4) is 0 Å². The molecule has 14 heavy (non-hydrogen) atoms. The predicted molar refractivity (Wildman–Crippen MR) is 56.4 cm³/mol. The van der Waals surface area contributed by atoms with E-state index >= 15 is 0 Å². The molecule has 1 aromatic rings. The molecule has 0 bridgehead atoms. The molecule has 0 fully saturated rings. The predicted octanol–water partition coefficient (Wildman–Crippen LogP) is 2.19. The van der Waals surface area contributed by atoms with Crippen LogP contribution in [0.2, 0.25) is 0 Å². The largest absolute Gasteiger partial charge is 0.494 e. The van der Waals surface area contributed by atoms with E-state index in [0.29, 0.717) is 17.7 Å². The van der Waals surface area contributed by atoms with E-state index in [4.69, 9.17) is 4.74 Å². The van der Waals surface area contributed by atoms with E-state index in [1.54, 1.807) is 6.07 Å². The zero-order valence-electron chi connectivity index (χ0n) is 7.90. The number of halogens is 1. The molecule has 0 aliphatic rings. The third-order valence-corrected chi connectivity index (χ3v) is 2.22. The molecule has 4 heteroatoms. The van der Waals surface area contributed by atoms with Gasteiger partial charge in [0.25, 0.3) is 0 Å². The molecule has 0 aromatic heterocycles. The minimum absolute atomic E-state index is 0.187. The first-order chi connectivity index (χ1) is 6.69.